The third-order valence-corrected chi connectivity index (χ3v) is 7.59. The smallest absolute Gasteiger partial charge is 0.161 e. The highest BCUT2D eigenvalue weighted by molar-refractivity contribution is 5.91. The number of hydrogen-bond acceptors (Lipinski definition) is 3. The van der Waals surface area contributed by atoms with Gasteiger partial charge in [-0.15, -0.1) is 0 Å². The third-order valence-electron chi connectivity index (χ3n) is 7.59. The van der Waals surface area contributed by atoms with E-state index in [1.807, 2.05) is 12.1 Å². The predicted molar refractivity (Wildman–Crippen MR) is 140 cm³/mol. The van der Waals surface area contributed by atoms with Gasteiger partial charge in [0.1, 0.15) is 0 Å². The first-order valence-corrected chi connectivity index (χ1v) is 12.2. The van der Waals surface area contributed by atoms with Crippen LogP contribution in [-0.2, 0) is 0 Å². The Bertz CT molecular complexity index is 1270. The number of H-pyrrole nitrogens is 1. The van der Waals surface area contributed by atoms with Crippen molar-refractivity contribution in [3.8, 4) is 22.8 Å². The Labute approximate surface area is 202 Å². The average Bonchev–Trinajstić information content (AvgIpc) is 3.24. The lowest BCUT2D eigenvalue weighted by molar-refractivity contribution is 0.162. The zero-order valence-electron chi connectivity index (χ0n) is 20.6. The van der Waals surface area contributed by atoms with Crippen LogP contribution < -0.4 is 9.47 Å². The topological polar surface area (TPSA) is 37.5 Å². The number of aromatic amines is 1. The van der Waals surface area contributed by atoms with Crippen LogP contribution in [0.25, 0.3) is 22.2 Å². The molecule has 0 amide bonds. The van der Waals surface area contributed by atoms with Crippen LogP contribution in [0.4, 0.5) is 0 Å². The number of piperidine rings is 1. The molecule has 34 heavy (non-hydrogen) atoms. The Morgan fingerprint density at radius 2 is 1.62 bits per heavy atom. The second kappa shape index (κ2) is 9.55. The summed E-state index contributed by atoms with van der Waals surface area (Å²) < 4.78 is 10.9. The molecule has 1 unspecified atom stereocenters. The molecule has 4 nitrogen and oxygen atoms in total. The highest BCUT2D eigenvalue weighted by atomic mass is 16.5. The van der Waals surface area contributed by atoms with Crippen LogP contribution in [0.5, 0.6) is 11.5 Å². The summed E-state index contributed by atoms with van der Waals surface area (Å²) in [6, 6.07) is 24.4. The summed E-state index contributed by atoms with van der Waals surface area (Å²) in [7, 11) is 3.35. The molecule has 0 aliphatic carbocycles. The van der Waals surface area contributed by atoms with Gasteiger partial charge in [0, 0.05) is 28.2 Å². The van der Waals surface area contributed by atoms with Gasteiger partial charge in [-0.05, 0) is 92.7 Å². The highest BCUT2D eigenvalue weighted by Crippen LogP contribution is 2.38. The van der Waals surface area contributed by atoms with Crippen LogP contribution in [-0.4, -0.2) is 37.2 Å². The summed E-state index contributed by atoms with van der Waals surface area (Å²) in [5.74, 6) is 2.10. The van der Waals surface area contributed by atoms with Gasteiger partial charge in [0.15, 0.2) is 11.5 Å². The number of nitrogens with zero attached hydrogens (tertiary/aromatic N) is 1. The quantitative estimate of drug-likeness (QED) is 0.338. The van der Waals surface area contributed by atoms with Gasteiger partial charge >= 0.3 is 0 Å². The number of fused-ring (bicyclic) bond motifs is 1. The molecular formula is C30H34N2O2. The van der Waals surface area contributed by atoms with Crippen LogP contribution in [0, 0.1) is 6.92 Å². The number of benzene rings is 3. The lowest BCUT2D eigenvalue weighted by atomic mass is 9.87. The van der Waals surface area contributed by atoms with Crippen LogP contribution >= 0.6 is 0 Å². The van der Waals surface area contributed by atoms with E-state index >= 15 is 0 Å². The van der Waals surface area contributed by atoms with Crippen LogP contribution in [0.3, 0.4) is 0 Å². The second-order valence-corrected chi connectivity index (χ2v) is 9.40. The Morgan fingerprint density at radius 1 is 0.882 bits per heavy atom. The molecule has 1 aromatic heterocycles. The van der Waals surface area contributed by atoms with Gasteiger partial charge in [-0.3, -0.25) is 4.90 Å². The number of aryl methyl sites for hydroxylation is 1. The van der Waals surface area contributed by atoms with Gasteiger partial charge in [-0.1, -0.05) is 36.4 Å². The van der Waals surface area contributed by atoms with Gasteiger partial charge in [0.25, 0.3) is 0 Å². The van der Waals surface area contributed by atoms with E-state index in [9.17, 15) is 0 Å². The van der Waals surface area contributed by atoms with Crippen molar-refractivity contribution in [3.63, 3.8) is 0 Å². The molecule has 1 saturated heterocycles. The van der Waals surface area contributed by atoms with Crippen molar-refractivity contribution in [2.45, 2.75) is 38.6 Å². The number of methoxy groups -OCH3 is 2. The van der Waals surface area contributed by atoms with Crippen LogP contribution in [0.2, 0.25) is 0 Å². The van der Waals surface area contributed by atoms with Crippen molar-refractivity contribution >= 4 is 10.9 Å². The number of ether oxygens (including phenoxy) is 2. The summed E-state index contributed by atoms with van der Waals surface area (Å²) in [5.41, 5.74) is 7.57. The fraction of sp³-hybridized carbons (Fsp3) is 0.333. The van der Waals surface area contributed by atoms with Gasteiger partial charge < -0.3 is 14.5 Å². The lowest BCUT2D eigenvalue weighted by Gasteiger charge is -2.36. The first-order valence-electron chi connectivity index (χ1n) is 12.2. The number of aromatic nitrogens is 1. The zero-order chi connectivity index (χ0) is 23.7. The highest BCUT2D eigenvalue weighted by Gasteiger charge is 2.25. The van der Waals surface area contributed by atoms with E-state index in [1.165, 1.54) is 40.4 Å². The molecule has 1 atom stereocenters. The fourth-order valence-electron chi connectivity index (χ4n) is 5.44. The van der Waals surface area contributed by atoms with E-state index in [2.05, 4.69) is 78.3 Å². The van der Waals surface area contributed by atoms with Crippen molar-refractivity contribution in [3.05, 3.63) is 83.4 Å². The van der Waals surface area contributed by atoms with Crippen LogP contribution in [0.15, 0.2) is 66.7 Å². The normalized spacial score (nSPS) is 16.0. The summed E-state index contributed by atoms with van der Waals surface area (Å²) >= 11 is 0. The third kappa shape index (κ3) is 4.19. The minimum atomic E-state index is 0.473. The summed E-state index contributed by atoms with van der Waals surface area (Å²) in [5, 5.41) is 1.31. The molecule has 1 aliphatic rings. The molecule has 176 valence electrons. The SMILES string of the molecule is COc1ccc(-c2[nH]c3ccc(C4CCN(C(C)c5ccccc5)CC4)cc3c2C)cc1OC. The van der Waals surface area contributed by atoms with Crippen molar-refractivity contribution in [2.24, 2.45) is 0 Å². The van der Waals surface area contributed by atoms with E-state index in [4.69, 9.17) is 9.47 Å². The number of nitrogens with one attached hydrogen (secondary N) is 1. The summed E-state index contributed by atoms with van der Waals surface area (Å²) in [4.78, 5) is 6.26. The fourth-order valence-corrected chi connectivity index (χ4v) is 5.44. The molecule has 0 bridgehead atoms. The summed E-state index contributed by atoms with van der Waals surface area (Å²) in [6.45, 7) is 6.82. The predicted octanol–water partition coefficient (Wildman–Crippen LogP) is 7.10. The monoisotopic (exact) mass is 454 g/mol. The number of hydrogen-bond donors (Lipinski definition) is 1. The van der Waals surface area contributed by atoms with Crippen molar-refractivity contribution < 1.29 is 9.47 Å². The van der Waals surface area contributed by atoms with Crippen molar-refractivity contribution in [2.75, 3.05) is 27.3 Å². The Balaban J connectivity index is 1.36. The minimum absolute atomic E-state index is 0.473. The maximum absolute atomic E-state index is 5.52. The van der Waals surface area contributed by atoms with Crippen molar-refractivity contribution in [1.29, 1.82) is 0 Å². The van der Waals surface area contributed by atoms with Gasteiger partial charge in [-0.2, -0.15) is 0 Å². The molecule has 2 heterocycles. The molecule has 5 rings (SSSR count). The molecule has 1 N–H and O–H groups in total. The molecule has 0 radical (unpaired) electrons. The van der Waals surface area contributed by atoms with Crippen molar-refractivity contribution in [1.82, 2.24) is 9.88 Å². The van der Waals surface area contributed by atoms with Gasteiger partial charge in [-0.25, -0.2) is 0 Å². The minimum Gasteiger partial charge on any atom is -0.493 e. The largest absolute Gasteiger partial charge is 0.493 e. The van der Waals surface area contributed by atoms with Gasteiger partial charge in [0.05, 0.1) is 14.2 Å². The van der Waals surface area contributed by atoms with Crippen LogP contribution in [0.1, 0.15) is 48.4 Å². The maximum atomic E-state index is 5.52. The second-order valence-electron chi connectivity index (χ2n) is 9.40. The first-order chi connectivity index (χ1) is 16.6. The molecule has 4 aromatic rings. The molecule has 1 aliphatic heterocycles. The molecular weight excluding hydrogens is 420 g/mol. The average molecular weight is 455 g/mol. The maximum Gasteiger partial charge on any atom is 0.161 e. The number of likely N-dealkylation sites (tertiary alicyclic amines) is 1. The Kier molecular flexibility index (Phi) is 6.34. The Hall–Kier alpha value is -3.24. The number of rotatable bonds is 6. The van der Waals surface area contributed by atoms with E-state index in [1.54, 1.807) is 14.2 Å². The Morgan fingerprint density at radius 3 is 2.32 bits per heavy atom. The van der Waals surface area contributed by atoms with E-state index < -0.39 is 0 Å². The van der Waals surface area contributed by atoms with E-state index in [0.717, 1.165) is 35.8 Å². The molecule has 3 aromatic carbocycles. The summed E-state index contributed by atoms with van der Waals surface area (Å²) in [6.07, 6.45) is 2.41. The standard InChI is InChI=1S/C30H34N2O2/c1-20-26-18-24(23-14-16-32(17-15-23)21(2)22-8-6-5-7-9-22)10-12-27(26)31-30(20)25-11-13-28(33-3)29(19-25)34-4/h5-13,18-19,21,23,31H,14-17H2,1-4H3. The first kappa shape index (κ1) is 22.5. The van der Waals surface area contributed by atoms with Gasteiger partial charge in [0.2, 0.25) is 0 Å². The molecule has 1 fully saturated rings. The van der Waals surface area contributed by atoms with E-state index in [-0.39, 0.29) is 0 Å². The molecule has 4 heteroatoms. The van der Waals surface area contributed by atoms with E-state index in [0.29, 0.717) is 12.0 Å². The lowest BCUT2D eigenvalue weighted by Crippen LogP contribution is -2.35. The molecule has 0 saturated carbocycles. The zero-order valence-corrected chi connectivity index (χ0v) is 20.6. The molecule has 0 spiro atoms.